The van der Waals surface area contributed by atoms with Gasteiger partial charge in [0.25, 0.3) is 11.8 Å². The first-order valence-corrected chi connectivity index (χ1v) is 14.4. The van der Waals surface area contributed by atoms with Gasteiger partial charge in [-0.2, -0.15) is 0 Å². The Labute approximate surface area is 255 Å². The zero-order valence-electron chi connectivity index (χ0n) is 25.4. The molecule has 2 heterocycles. The number of hydrogen-bond donors (Lipinski definition) is 1. The lowest BCUT2D eigenvalue weighted by molar-refractivity contribution is -0.142. The van der Waals surface area contributed by atoms with Crippen molar-refractivity contribution in [3.05, 3.63) is 71.3 Å². The first kappa shape index (κ1) is 31.2. The van der Waals surface area contributed by atoms with Crippen molar-refractivity contribution in [2.24, 2.45) is 0 Å². The molecule has 1 fully saturated rings. The molecule has 3 aromatic carbocycles. The van der Waals surface area contributed by atoms with Crippen LogP contribution >= 0.6 is 0 Å². The summed E-state index contributed by atoms with van der Waals surface area (Å²) in [5.74, 6) is -1.33. The van der Waals surface area contributed by atoms with E-state index in [9.17, 15) is 19.2 Å². The van der Waals surface area contributed by atoms with E-state index < -0.39 is 42.2 Å². The van der Waals surface area contributed by atoms with Crippen molar-refractivity contribution in [2.75, 3.05) is 31.7 Å². The van der Waals surface area contributed by atoms with E-state index in [1.54, 1.807) is 30.3 Å². The summed E-state index contributed by atoms with van der Waals surface area (Å²) in [7, 11) is -0.482. The predicted molar refractivity (Wildman–Crippen MR) is 163 cm³/mol. The Kier molecular flexibility index (Phi) is 8.78. The molecule has 0 radical (unpaired) electrons. The zero-order valence-corrected chi connectivity index (χ0v) is 25.4. The van der Waals surface area contributed by atoms with E-state index in [2.05, 4.69) is 5.32 Å². The first-order valence-electron chi connectivity index (χ1n) is 14.4. The van der Waals surface area contributed by atoms with Crippen LogP contribution in [-0.2, 0) is 34.9 Å². The van der Waals surface area contributed by atoms with Crippen molar-refractivity contribution in [2.45, 2.75) is 52.4 Å². The van der Waals surface area contributed by atoms with E-state index in [1.165, 1.54) is 6.92 Å². The van der Waals surface area contributed by atoms with Crippen LogP contribution in [0.2, 0.25) is 0 Å². The molecule has 1 N–H and O–H groups in total. The molecule has 5 rings (SSSR count). The number of ether oxygens (including phenoxy) is 3. The van der Waals surface area contributed by atoms with Crippen molar-refractivity contribution >= 4 is 52.9 Å². The molecule has 0 aromatic heterocycles. The lowest BCUT2D eigenvalue weighted by Crippen LogP contribution is -2.42. The van der Waals surface area contributed by atoms with E-state index >= 15 is 0 Å². The van der Waals surface area contributed by atoms with E-state index in [0.29, 0.717) is 27.6 Å². The highest BCUT2D eigenvalue weighted by atomic mass is 16.7. The Morgan fingerprint density at radius 2 is 1.50 bits per heavy atom. The summed E-state index contributed by atoms with van der Waals surface area (Å²) >= 11 is 0. The number of nitrogens with zero attached hydrogens (tertiary/aromatic N) is 1. The Morgan fingerprint density at radius 1 is 0.841 bits per heavy atom. The number of hydrogen-bond acceptors (Lipinski definition) is 9. The summed E-state index contributed by atoms with van der Waals surface area (Å²) in [5, 5.41) is 3.75. The maximum Gasteiger partial charge on any atom is 0.494 e. The molecule has 230 valence electrons. The predicted octanol–water partition coefficient (Wildman–Crippen LogP) is 4.06. The van der Waals surface area contributed by atoms with Crippen LogP contribution in [0.25, 0.3) is 10.8 Å². The van der Waals surface area contributed by atoms with E-state index in [1.807, 2.05) is 52.0 Å². The van der Waals surface area contributed by atoms with Gasteiger partial charge in [0.05, 0.1) is 36.6 Å². The quantitative estimate of drug-likeness (QED) is 0.158. The number of rotatable bonds is 10. The molecule has 44 heavy (non-hydrogen) atoms. The maximum absolute atomic E-state index is 13.2. The fourth-order valence-electron chi connectivity index (χ4n) is 5.01. The van der Waals surface area contributed by atoms with Crippen molar-refractivity contribution in [3.8, 4) is 0 Å². The van der Waals surface area contributed by atoms with Gasteiger partial charge in [-0.25, -0.2) is 4.79 Å². The molecule has 2 aliphatic heterocycles. The lowest BCUT2D eigenvalue weighted by atomic mass is 9.79. The van der Waals surface area contributed by atoms with Crippen LogP contribution < -0.4 is 10.8 Å². The van der Waals surface area contributed by atoms with Crippen LogP contribution in [0.15, 0.2) is 54.6 Å². The average molecular weight is 602 g/mol. The van der Waals surface area contributed by atoms with Crippen LogP contribution in [0.3, 0.4) is 0 Å². The summed E-state index contributed by atoms with van der Waals surface area (Å²) in [4.78, 5) is 51.2. The topological polar surface area (TPSA) is 130 Å². The second kappa shape index (κ2) is 12.4. The molecule has 0 unspecified atom stereocenters. The van der Waals surface area contributed by atoms with E-state index in [4.69, 9.17) is 23.5 Å². The Balaban J connectivity index is 1.20. The van der Waals surface area contributed by atoms with Crippen molar-refractivity contribution < 1.29 is 42.7 Å². The normalized spacial score (nSPS) is 16.8. The van der Waals surface area contributed by atoms with Crippen LogP contribution in [0.5, 0.6) is 0 Å². The Bertz CT molecular complexity index is 1570. The highest BCUT2D eigenvalue weighted by molar-refractivity contribution is 6.62. The minimum Gasteiger partial charge on any atom is -0.463 e. The Morgan fingerprint density at radius 3 is 2.16 bits per heavy atom. The Hall–Kier alpha value is -4.26. The van der Waals surface area contributed by atoms with Gasteiger partial charge in [0.2, 0.25) is 0 Å². The largest absolute Gasteiger partial charge is 0.494 e. The van der Waals surface area contributed by atoms with Gasteiger partial charge in [-0.15, -0.1) is 0 Å². The minimum atomic E-state index is -0.679. The maximum atomic E-state index is 13.2. The van der Waals surface area contributed by atoms with Crippen molar-refractivity contribution in [3.63, 3.8) is 0 Å². The van der Waals surface area contributed by atoms with E-state index in [0.717, 1.165) is 15.9 Å². The van der Waals surface area contributed by atoms with Crippen LogP contribution in [0.1, 0.15) is 60.9 Å². The third-order valence-electron chi connectivity index (χ3n) is 8.10. The van der Waals surface area contributed by atoms with Gasteiger partial charge in [0.1, 0.15) is 13.2 Å². The average Bonchev–Trinajstić information content (AvgIpc) is 3.20. The number of amides is 3. The van der Waals surface area contributed by atoms with Crippen LogP contribution in [-0.4, -0.2) is 73.5 Å². The summed E-state index contributed by atoms with van der Waals surface area (Å²) in [6.45, 7) is 9.70. The van der Waals surface area contributed by atoms with Gasteiger partial charge in [-0.1, -0.05) is 36.4 Å². The highest BCUT2D eigenvalue weighted by Crippen LogP contribution is 2.37. The standard InChI is InChI=1S/C32H35BN2O9/c1-20(36)41-18-17-40-16-15-35-28(37)24-8-6-7-23-26(14-13-25(27(23)24)29(35)38)34-30(39)42-19-21-9-11-22(12-10-21)33-43-31(2,3)32(4,5)44-33/h6-14H,15-19H2,1-5H3,(H,34,39). The molecule has 1 saturated heterocycles. The molecule has 3 aromatic rings. The van der Waals surface area contributed by atoms with Gasteiger partial charge in [-0.05, 0) is 56.9 Å². The zero-order chi connectivity index (χ0) is 31.6. The molecule has 11 nitrogen and oxygen atoms in total. The number of anilines is 1. The monoisotopic (exact) mass is 602 g/mol. The smallest absolute Gasteiger partial charge is 0.463 e. The number of nitrogens with one attached hydrogen (secondary N) is 1. The van der Waals surface area contributed by atoms with Gasteiger partial charge in [0.15, 0.2) is 0 Å². The SMILES string of the molecule is CC(=O)OCCOCCN1C(=O)c2cccc3c(NC(=O)OCc4ccc(B5OC(C)(C)C(C)(C)O5)cc4)ccc(c23)C1=O. The molecular formula is C32H35BN2O9. The number of benzene rings is 3. The number of imide groups is 1. The molecule has 12 heteroatoms. The van der Waals surface area contributed by atoms with Crippen molar-refractivity contribution in [1.82, 2.24) is 4.90 Å². The second-order valence-corrected chi connectivity index (χ2v) is 11.6. The van der Waals surface area contributed by atoms with Gasteiger partial charge >= 0.3 is 19.2 Å². The second-order valence-electron chi connectivity index (χ2n) is 11.6. The molecule has 3 amide bonds. The van der Waals surface area contributed by atoms with E-state index in [-0.39, 0.29) is 33.0 Å². The highest BCUT2D eigenvalue weighted by Gasteiger charge is 2.51. The summed E-state index contributed by atoms with van der Waals surface area (Å²) in [6, 6.07) is 15.7. The summed E-state index contributed by atoms with van der Waals surface area (Å²) in [5.41, 5.74) is 1.87. The van der Waals surface area contributed by atoms with Crippen LogP contribution in [0, 0.1) is 0 Å². The lowest BCUT2D eigenvalue weighted by Gasteiger charge is -2.32. The number of carbonyl (C=O) groups is 4. The molecule has 0 saturated carbocycles. The molecule has 0 bridgehead atoms. The fourth-order valence-corrected chi connectivity index (χ4v) is 5.01. The van der Waals surface area contributed by atoms with Crippen molar-refractivity contribution in [1.29, 1.82) is 0 Å². The third kappa shape index (κ3) is 6.33. The molecule has 0 atom stereocenters. The van der Waals surface area contributed by atoms with Gasteiger partial charge in [-0.3, -0.25) is 24.6 Å². The molecule has 2 aliphatic rings. The summed E-state index contributed by atoms with van der Waals surface area (Å²) < 4.78 is 27.9. The number of esters is 1. The first-order chi connectivity index (χ1) is 20.9. The van der Waals surface area contributed by atoms with Crippen LogP contribution in [0.4, 0.5) is 10.5 Å². The molecule has 0 aliphatic carbocycles. The van der Waals surface area contributed by atoms with Gasteiger partial charge < -0.3 is 23.5 Å². The molecule has 0 spiro atoms. The summed E-state index contributed by atoms with van der Waals surface area (Å²) in [6.07, 6.45) is -0.679. The fraction of sp³-hybridized carbons (Fsp3) is 0.375. The third-order valence-corrected chi connectivity index (χ3v) is 8.10. The number of carbonyl (C=O) groups excluding carboxylic acids is 4. The van der Waals surface area contributed by atoms with Gasteiger partial charge in [0, 0.05) is 28.8 Å². The minimum absolute atomic E-state index is 0.0334. The molecular weight excluding hydrogens is 567 g/mol.